The number of amides is 5. The highest BCUT2D eigenvalue weighted by Gasteiger charge is 2.35. The zero-order valence-corrected chi connectivity index (χ0v) is 28.0. The largest absolute Gasteiger partial charge is 0.352 e. The first-order valence-electron chi connectivity index (χ1n) is 16.9. The first-order valence-corrected chi connectivity index (χ1v) is 16.9. The molecular formula is C37H38N8O5. The van der Waals surface area contributed by atoms with Gasteiger partial charge in [0.1, 0.15) is 17.0 Å². The number of hydrogen-bond acceptors (Lipinski definition) is 8. The molecule has 0 atom stereocenters. The average molecular weight is 675 g/mol. The van der Waals surface area contributed by atoms with Gasteiger partial charge in [0.2, 0.25) is 11.9 Å². The fraction of sp³-hybridized carbons (Fsp3) is 0.324. The molecule has 0 unspecified atom stereocenters. The van der Waals surface area contributed by atoms with Crippen molar-refractivity contribution in [1.29, 1.82) is 0 Å². The summed E-state index contributed by atoms with van der Waals surface area (Å²) in [6.45, 7) is 0.691. The molecule has 1 fully saturated rings. The van der Waals surface area contributed by atoms with Gasteiger partial charge < -0.3 is 20.1 Å². The number of carbonyl (C=O) groups excluding carboxylic acids is 5. The Kier molecular flexibility index (Phi) is 8.87. The normalized spacial score (nSPS) is 16.0. The Labute approximate surface area is 288 Å². The van der Waals surface area contributed by atoms with Crippen LogP contribution in [0.25, 0.3) is 11.0 Å². The second kappa shape index (κ2) is 13.6. The highest BCUT2D eigenvalue weighted by molar-refractivity contribution is 6.11. The van der Waals surface area contributed by atoms with Crippen LogP contribution in [0.1, 0.15) is 86.9 Å². The van der Waals surface area contributed by atoms with Crippen molar-refractivity contribution >= 4 is 52.2 Å². The van der Waals surface area contributed by atoms with Crippen molar-refractivity contribution in [2.45, 2.75) is 57.5 Å². The summed E-state index contributed by atoms with van der Waals surface area (Å²) in [5, 5.41) is 9.29. The summed E-state index contributed by atoms with van der Waals surface area (Å²) in [7, 11) is 3.50. The number of carbonyl (C=O) groups is 5. The predicted molar refractivity (Wildman–Crippen MR) is 186 cm³/mol. The lowest BCUT2D eigenvalue weighted by molar-refractivity contribution is -0.129. The number of benzene rings is 2. The first kappa shape index (κ1) is 32.7. The second-order valence-electron chi connectivity index (χ2n) is 13.1. The van der Waals surface area contributed by atoms with E-state index < -0.39 is 5.91 Å². The Bertz CT molecular complexity index is 2060. The van der Waals surface area contributed by atoms with Gasteiger partial charge in [0.15, 0.2) is 0 Å². The molecule has 3 N–H and O–H groups in total. The molecule has 1 aliphatic carbocycles. The number of nitrogens with zero attached hydrogens (tertiary/aromatic N) is 5. The van der Waals surface area contributed by atoms with E-state index in [1.54, 1.807) is 55.5 Å². The number of aryl methyl sites for hydroxylation is 1. The smallest absolute Gasteiger partial charge is 0.274 e. The minimum absolute atomic E-state index is 0.0510. The number of aromatic nitrogens is 3. The maximum atomic E-state index is 13.1. The molecule has 13 nitrogen and oxygen atoms in total. The molecule has 5 amide bonds. The Morgan fingerprint density at radius 1 is 1.04 bits per heavy atom. The lowest BCUT2D eigenvalue weighted by atomic mass is 9.99. The monoisotopic (exact) mass is 674 g/mol. The lowest BCUT2D eigenvalue weighted by Crippen LogP contribution is -2.41. The lowest BCUT2D eigenvalue weighted by Gasteiger charge is -2.21. The summed E-state index contributed by atoms with van der Waals surface area (Å²) >= 11 is 0. The molecule has 50 heavy (non-hydrogen) atoms. The van der Waals surface area contributed by atoms with Gasteiger partial charge in [0.05, 0.1) is 6.54 Å². The molecule has 0 spiro atoms. The number of nitrogens with one attached hydrogen (secondary N) is 3. The van der Waals surface area contributed by atoms with Crippen LogP contribution in [0.5, 0.6) is 0 Å². The van der Waals surface area contributed by atoms with Crippen LogP contribution in [-0.4, -0.2) is 74.5 Å². The van der Waals surface area contributed by atoms with Gasteiger partial charge in [-0.15, -0.1) is 0 Å². The maximum absolute atomic E-state index is 13.1. The SMILES string of the molecule is CN(C)C(=O)c1cc2cnc(Nc3ccc(C(=O)NCCCc4cccc5c4CN(C4=CCC(=O)NC4=O)C5=O)cc3)nc2n1C1CCCC1. The van der Waals surface area contributed by atoms with Crippen molar-refractivity contribution in [1.82, 2.24) is 35.0 Å². The summed E-state index contributed by atoms with van der Waals surface area (Å²) < 4.78 is 2.07. The topological polar surface area (TPSA) is 159 Å². The summed E-state index contributed by atoms with van der Waals surface area (Å²) in [4.78, 5) is 75.2. The molecule has 256 valence electrons. The number of imide groups is 1. The predicted octanol–water partition coefficient (Wildman–Crippen LogP) is 4.24. The second-order valence-corrected chi connectivity index (χ2v) is 13.1. The fourth-order valence-corrected chi connectivity index (χ4v) is 6.99. The van der Waals surface area contributed by atoms with Crippen molar-refractivity contribution < 1.29 is 24.0 Å². The average Bonchev–Trinajstić information content (AvgIpc) is 3.85. The quantitative estimate of drug-likeness (QED) is 0.167. The molecule has 0 saturated heterocycles. The molecule has 0 bridgehead atoms. The molecule has 1 saturated carbocycles. The van der Waals surface area contributed by atoms with E-state index in [0.717, 1.165) is 53.5 Å². The molecule has 0 radical (unpaired) electrons. The third-order valence-electron chi connectivity index (χ3n) is 9.52. The van der Waals surface area contributed by atoms with Crippen LogP contribution in [0.3, 0.4) is 0 Å². The molecular weight excluding hydrogens is 636 g/mol. The van der Waals surface area contributed by atoms with Crippen molar-refractivity contribution in [3.63, 3.8) is 0 Å². The minimum Gasteiger partial charge on any atom is -0.352 e. The van der Waals surface area contributed by atoms with E-state index in [9.17, 15) is 24.0 Å². The third kappa shape index (κ3) is 6.33. The molecule has 3 aliphatic rings. The Morgan fingerprint density at radius 2 is 1.82 bits per heavy atom. The van der Waals surface area contributed by atoms with E-state index in [0.29, 0.717) is 42.2 Å². The maximum Gasteiger partial charge on any atom is 0.274 e. The van der Waals surface area contributed by atoms with Gasteiger partial charge in [-0.05, 0) is 79.3 Å². The van der Waals surface area contributed by atoms with Gasteiger partial charge in [-0.2, -0.15) is 4.98 Å². The van der Waals surface area contributed by atoms with E-state index in [1.165, 1.54) is 11.0 Å². The van der Waals surface area contributed by atoms with Gasteiger partial charge in [-0.3, -0.25) is 34.2 Å². The molecule has 13 heteroatoms. The molecule has 2 aromatic heterocycles. The third-order valence-corrected chi connectivity index (χ3v) is 9.52. The zero-order valence-electron chi connectivity index (χ0n) is 28.0. The summed E-state index contributed by atoms with van der Waals surface area (Å²) in [5.74, 6) is -1.08. The summed E-state index contributed by atoms with van der Waals surface area (Å²) in [6, 6.07) is 14.7. The van der Waals surface area contributed by atoms with Gasteiger partial charge in [0.25, 0.3) is 23.6 Å². The fourth-order valence-electron chi connectivity index (χ4n) is 6.99. The van der Waals surface area contributed by atoms with Crippen LogP contribution in [0.2, 0.25) is 0 Å². The van der Waals surface area contributed by atoms with E-state index >= 15 is 0 Å². The van der Waals surface area contributed by atoms with E-state index in [1.807, 2.05) is 18.2 Å². The standard InChI is InChI=1S/C37H38N8O5/c1-43(2)36(50)30-19-24-20-39-37(42-32(24)45(30)26-9-3-4-10-26)40-25-14-12-23(13-15-25)33(47)38-18-6-8-22-7-5-11-27-28(22)21-44(35(27)49)29-16-17-31(46)41-34(29)48/h5,7,11-16,19-20,26H,3-4,6,8-10,17-18,21H2,1-2H3,(H,38,47)(H,39,40,42)(H,41,46,48). The summed E-state index contributed by atoms with van der Waals surface area (Å²) in [6.07, 6.45) is 8.83. The van der Waals surface area contributed by atoms with Crippen LogP contribution in [-0.2, 0) is 22.6 Å². The van der Waals surface area contributed by atoms with Crippen molar-refractivity contribution in [2.24, 2.45) is 0 Å². The molecule has 7 rings (SSSR count). The number of anilines is 2. The molecule has 4 heterocycles. The Morgan fingerprint density at radius 3 is 2.56 bits per heavy atom. The molecule has 2 aliphatic heterocycles. The highest BCUT2D eigenvalue weighted by atomic mass is 16.2. The molecule has 2 aromatic carbocycles. The minimum atomic E-state index is -0.566. The number of rotatable bonds is 10. The first-order chi connectivity index (χ1) is 24.2. The van der Waals surface area contributed by atoms with Crippen molar-refractivity contribution in [3.8, 4) is 0 Å². The van der Waals surface area contributed by atoms with Crippen molar-refractivity contribution in [2.75, 3.05) is 26.0 Å². The Balaban J connectivity index is 0.957. The van der Waals surface area contributed by atoms with E-state index in [-0.39, 0.29) is 48.3 Å². The molecule has 4 aromatic rings. The van der Waals surface area contributed by atoms with Crippen LogP contribution in [0.4, 0.5) is 11.6 Å². The van der Waals surface area contributed by atoms with Crippen LogP contribution in [0, 0.1) is 0 Å². The Hall–Kier alpha value is -5.85. The van der Waals surface area contributed by atoms with Gasteiger partial charge >= 0.3 is 0 Å². The van der Waals surface area contributed by atoms with Gasteiger partial charge in [0, 0.05) is 61.5 Å². The highest BCUT2D eigenvalue weighted by Crippen LogP contribution is 2.35. The van der Waals surface area contributed by atoms with Crippen LogP contribution < -0.4 is 16.0 Å². The van der Waals surface area contributed by atoms with Gasteiger partial charge in [-0.25, -0.2) is 4.98 Å². The number of hydrogen-bond donors (Lipinski definition) is 3. The number of fused-ring (bicyclic) bond motifs is 2. The van der Waals surface area contributed by atoms with E-state index in [2.05, 4.69) is 25.5 Å². The summed E-state index contributed by atoms with van der Waals surface area (Å²) in [5.41, 5.74) is 5.15. The van der Waals surface area contributed by atoms with Gasteiger partial charge in [-0.1, -0.05) is 25.0 Å². The van der Waals surface area contributed by atoms with Crippen molar-refractivity contribution in [3.05, 3.63) is 94.4 Å². The van der Waals surface area contributed by atoms with Crippen LogP contribution in [0.15, 0.2) is 66.5 Å². The van der Waals surface area contributed by atoms with E-state index in [4.69, 9.17) is 4.98 Å². The zero-order chi connectivity index (χ0) is 34.9. The van der Waals surface area contributed by atoms with Crippen LogP contribution >= 0.6 is 0 Å².